The molecule has 16 heavy (non-hydrogen) atoms. The quantitative estimate of drug-likeness (QED) is 0.816. The fraction of sp³-hybridized carbons (Fsp3) is 0.667. The molecule has 0 spiro atoms. The summed E-state index contributed by atoms with van der Waals surface area (Å²) in [5.74, 6) is 1.65. The van der Waals surface area contributed by atoms with Crippen LogP contribution in [0, 0.1) is 11.8 Å². The van der Waals surface area contributed by atoms with Crippen molar-refractivity contribution in [2.75, 3.05) is 6.54 Å². The van der Waals surface area contributed by atoms with Crippen LogP contribution in [0.2, 0.25) is 5.02 Å². The van der Waals surface area contributed by atoms with Crippen LogP contribution in [-0.2, 0) is 0 Å². The molecule has 1 aliphatic rings. The van der Waals surface area contributed by atoms with Crippen LogP contribution >= 0.6 is 38.9 Å². The zero-order chi connectivity index (χ0) is 11.7. The summed E-state index contributed by atoms with van der Waals surface area (Å²) in [6.07, 6.45) is 2.52. The van der Waals surface area contributed by atoms with Crippen LogP contribution in [-0.4, -0.2) is 6.54 Å². The van der Waals surface area contributed by atoms with E-state index in [-0.39, 0.29) is 0 Å². The molecule has 1 heterocycles. The number of hydrogen-bond acceptors (Lipinski definition) is 2. The summed E-state index contributed by atoms with van der Waals surface area (Å²) in [5.41, 5.74) is 0. The average molecular weight is 323 g/mol. The van der Waals surface area contributed by atoms with Crippen LogP contribution < -0.4 is 5.32 Å². The summed E-state index contributed by atoms with van der Waals surface area (Å²) in [5, 5.41) is 4.49. The van der Waals surface area contributed by atoms with E-state index in [1.165, 1.54) is 17.7 Å². The molecule has 0 saturated heterocycles. The van der Waals surface area contributed by atoms with Gasteiger partial charge in [-0.3, -0.25) is 0 Å². The second kappa shape index (κ2) is 5.38. The minimum atomic E-state index is 0.503. The topological polar surface area (TPSA) is 12.0 Å². The van der Waals surface area contributed by atoms with Gasteiger partial charge in [0.2, 0.25) is 0 Å². The van der Waals surface area contributed by atoms with Gasteiger partial charge in [0.1, 0.15) is 0 Å². The Morgan fingerprint density at radius 1 is 1.69 bits per heavy atom. The molecule has 3 unspecified atom stereocenters. The number of hydrogen-bond donors (Lipinski definition) is 1. The first-order valence-corrected chi connectivity index (χ1v) is 7.80. The van der Waals surface area contributed by atoms with Crippen molar-refractivity contribution in [2.24, 2.45) is 11.8 Å². The van der Waals surface area contributed by atoms with Gasteiger partial charge in [-0.15, -0.1) is 11.3 Å². The normalized spacial score (nSPS) is 25.8. The summed E-state index contributed by atoms with van der Waals surface area (Å²) >= 11 is 11.4. The van der Waals surface area contributed by atoms with Crippen LogP contribution in [0.5, 0.6) is 0 Å². The van der Waals surface area contributed by atoms with Gasteiger partial charge in [0, 0.05) is 10.9 Å². The Kier molecular flexibility index (Phi) is 4.33. The summed E-state index contributed by atoms with van der Waals surface area (Å²) in [7, 11) is 0. The van der Waals surface area contributed by atoms with E-state index in [0.717, 1.165) is 27.2 Å². The predicted octanol–water partition coefficient (Wildman–Crippen LogP) is 4.86. The summed E-state index contributed by atoms with van der Waals surface area (Å²) in [4.78, 5) is 1.37. The number of nitrogens with one attached hydrogen (secondary N) is 1. The van der Waals surface area contributed by atoms with Gasteiger partial charge in [-0.25, -0.2) is 0 Å². The lowest BCUT2D eigenvalue weighted by atomic mass is 10.1. The molecule has 90 valence electrons. The van der Waals surface area contributed by atoms with E-state index in [9.17, 15) is 0 Å². The molecule has 0 bridgehead atoms. The Morgan fingerprint density at radius 3 is 2.81 bits per heavy atom. The molecule has 2 rings (SSSR count). The maximum Gasteiger partial charge on any atom is 0.0887 e. The number of thiophene rings is 1. The number of halogens is 2. The van der Waals surface area contributed by atoms with Gasteiger partial charge >= 0.3 is 0 Å². The van der Waals surface area contributed by atoms with E-state index < -0.39 is 0 Å². The van der Waals surface area contributed by atoms with E-state index in [0.29, 0.717) is 6.04 Å². The maximum absolute atomic E-state index is 6.10. The highest BCUT2D eigenvalue weighted by atomic mass is 79.9. The Balaban J connectivity index is 2.11. The molecule has 3 atom stereocenters. The SMILES string of the molecule is CCCNC(c1cc(Cl)c(Br)s1)C1CC1C. The summed E-state index contributed by atoms with van der Waals surface area (Å²) in [6.45, 7) is 5.62. The standard InChI is InChI=1S/C12H17BrClNS/c1-3-4-15-11(8-5-7(8)2)10-6-9(14)12(13)16-10/h6-8,11,15H,3-5H2,1-2H3. The predicted molar refractivity (Wildman–Crippen MR) is 75.3 cm³/mol. The van der Waals surface area contributed by atoms with Crippen LogP contribution in [0.3, 0.4) is 0 Å². The van der Waals surface area contributed by atoms with Gasteiger partial charge in [-0.1, -0.05) is 25.4 Å². The Hall–Kier alpha value is 0.430. The highest BCUT2D eigenvalue weighted by Gasteiger charge is 2.40. The maximum atomic E-state index is 6.10. The molecule has 1 aromatic rings. The molecular weight excluding hydrogens is 306 g/mol. The van der Waals surface area contributed by atoms with Gasteiger partial charge in [0.15, 0.2) is 0 Å². The van der Waals surface area contributed by atoms with Gasteiger partial charge < -0.3 is 5.32 Å². The van der Waals surface area contributed by atoms with Crippen LogP contribution in [0.4, 0.5) is 0 Å². The molecular formula is C12H17BrClNS. The first-order chi connectivity index (χ1) is 7.63. The first kappa shape index (κ1) is 12.9. The molecule has 1 nitrogen and oxygen atoms in total. The van der Waals surface area contributed by atoms with Crippen molar-refractivity contribution in [1.29, 1.82) is 0 Å². The molecule has 0 amide bonds. The lowest BCUT2D eigenvalue weighted by Crippen LogP contribution is -2.23. The molecule has 4 heteroatoms. The van der Waals surface area contributed by atoms with Crippen molar-refractivity contribution in [3.8, 4) is 0 Å². The number of rotatable bonds is 5. The van der Waals surface area contributed by atoms with Gasteiger partial charge in [-0.2, -0.15) is 0 Å². The molecule has 1 aliphatic carbocycles. The second-order valence-electron chi connectivity index (χ2n) is 4.58. The van der Waals surface area contributed by atoms with E-state index >= 15 is 0 Å². The largest absolute Gasteiger partial charge is 0.309 e. The van der Waals surface area contributed by atoms with Crippen molar-refractivity contribution in [3.05, 3.63) is 19.8 Å². The Bertz CT molecular complexity index is 346. The monoisotopic (exact) mass is 321 g/mol. The van der Waals surface area contributed by atoms with E-state index in [1.54, 1.807) is 11.3 Å². The summed E-state index contributed by atoms with van der Waals surface area (Å²) < 4.78 is 1.06. The third kappa shape index (κ3) is 2.81. The third-order valence-corrected chi connectivity index (χ3v) is 5.74. The Labute approximate surface area is 115 Å². The fourth-order valence-corrected chi connectivity index (χ4v) is 3.99. The second-order valence-corrected chi connectivity index (χ2v) is 7.39. The lowest BCUT2D eigenvalue weighted by Gasteiger charge is -2.16. The first-order valence-electron chi connectivity index (χ1n) is 5.81. The minimum absolute atomic E-state index is 0.503. The molecule has 0 radical (unpaired) electrons. The summed E-state index contributed by atoms with van der Waals surface area (Å²) in [6, 6.07) is 2.61. The third-order valence-electron chi connectivity index (χ3n) is 3.18. The van der Waals surface area contributed by atoms with Gasteiger partial charge in [0.05, 0.1) is 8.81 Å². The minimum Gasteiger partial charge on any atom is -0.309 e. The molecule has 1 saturated carbocycles. The van der Waals surface area contributed by atoms with Crippen molar-refractivity contribution < 1.29 is 0 Å². The van der Waals surface area contributed by atoms with Gasteiger partial charge in [-0.05, 0) is 53.2 Å². The van der Waals surface area contributed by atoms with Crippen LogP contribution in [0.15, 0.2) is 9.85 Å². The molecule has 1 fully saturated rings. The lowest BCUT2D eigenvalue weighted by molar-refractivity contribution is 0.469. The van der Waals surface area contributed by atoms with Crippen molar-refractivity contribution >= 4 is 38.9 Å². The van der Waals surface area contributed by atoms with Gasteiger partial charge in [0.25, 0.3) is 0 Å². The van der Waals surface area contributed by atoms with E-state index in [2.05, 4.69) is 41.2 Å². The van der Waals surface area contributed by atoms with Crippen molar-refractivity contribution in [1.82, 2.24) is 5.32 Å². The fourth-order valence-electron chi connectivity index (χ4n) is 2.09. The van der Waals surface area contributed by atoms with Crippen molar-refractivity contribution in [2.45, 2.75) is 32.7 Å². The Morgan fingerprint density at radius 2 is 2.38 bits per heavy atom. The highest BCUT2D eigenvalue weighted by Crippen LogP contribution is 2.49. The van der Waals surface area contributed by atoms with E-state index in [1.807, 2.05) is 0 Å². The zero-order valence-corrected chi connectivity index (χ0v) is 12.8. The molecule has 0 aromatic carbocycles. The molecule has 0 aliphatic heterocycles. The zero-order valence-electron chi connectivity index (χ0n) is 9.59. The van der Waals surface area contributed by atoms with E-state index in [4.69, 9.17) is 11.6 Å². The highest BCUT2D eigenvalue weighted by molar-refractivity contribution is 9.11. The van der Waals surface area contributed by atoms with Crippen LogP contribution in [0.1, 0.15) is 37.6 Å². The molecule has 1 N–H and O–H groups in total. The molecule has 1 aromatic heterocycles. The smallest absolute Gasteiger partial charge is 0.0887 e. The van der Waals surface area contributed by atoms with Crippen LogP contribution in [0.25, 0.3) is 0 Å². The van der Waals surface area contributed by atoms with Crippen molar-refractivity contribution in [3.63, 3.8) is 0 Å². The average Bonchev–Trinajstić information content (AvgIpc) is 2.86.